The fraction of sp³-hybridized carbons (Fsp3) is 0.375. The summed E-state index contributed by atoms with van der Waals surface area (Å²) in [5.41, 5.74) is 0.0752. The van der Waals surface area contributed by atoms with Gasteiger partial charge in [0.2, 0.25) is 12.7 Å². The first-order valence-electron chi connectivity index (χ1n) is 11.6. The van der Waals surface area contributed by atoms with E-state index in [0.29, 0.717) is 56.1 Å². The number of aryl methyl sites for hydroxylation is 1. The zero-order valence-corrected chi connectivity index (χ0v) is 19.2. The van der Waals surface area contributed by atoms with Crippen molar-refractivity contribution in [1.29, 1.82) is 0 Å². The van der Waals surface area contributed by atoms with Crippen LogP contribution in [-0.2, 0) is 11.3 Å². The van der Waals surface area contributed by atoms with Crippen molar-refractivity contribution in [2.24, 2.45) is 5.92 Å². The van der Waals surface area contributed by atoms with Gasteiger partial charge < -0.3 is 19.7 Å². The number of ether oxygens (including phenoxy) is 2. The molecule has 2 amide bonds. The molecule has 2 aliphatic rings. The van der Waals surface area contributed by atoms with E-state index in [1.807, 2.05) is 6.92 Å². The van der Waals surface area contributed by atoms with Crippen molar-refractivity contribution >= 4 is 28.5 Å². The average molecular weight is 479 g/mol. The number of aromatic nitrogens is 3. The van der Waals surface area contributed by atoms with Crippen LogP contribution in [0.1, 0.15) is 36.5 Å². The van der Waals surface area contributed by atoms with Crippen LogP contribution >= 0.6 is 0 Å². The lowest BCUT2D eigenvalue weighted by Gasteiger charge is -2.31. The van der Waals surface area contributed by atoms with E-state index in [1.165, 1.54) is 16.8 Å². The Bertz CT molecular complexity index is 1420. The summed E-state index contributed by atoms with van der Waals surface area (Å²) in [6, 6.07) is 6.73. The first-order chi connectivity index (χ1) is 16.9. The molecule has 0 atom stereocenters. The molecule has 1 aromatic carbocycles. The second-order valence-corrected chi connectivity index (χ2v) is 8.63. The number of carbonyl (C=O) groups excluding carboxylic acids is 2. The zero-order valence-electron chi connectivity index (χ0n) is 19.2. The van der Waals surface area contributed by atoms with Crippen LogP contribution in [-0.4, -0.2) is 51.1 Å². The van der Waals surface area contributed by atoms with E-state index < -0.39 is 11.2 Å². The van der Waals surface area contributed by atoms with Gasteiger partial charge in [-0.2, -0.15) is 0 Å². The number of anilines is 1. The normalized spacial score (nSPS) is 15.4. The summed E-state index contributed by atoms with van der Waals surface area (Å²) in [7, 11) is 0. The topological polar surface area (TPSA) is 136 Å². The molecular weight excluding hydrogens is 454 g/mol. The first kappa shape index (κ1) is 22.6. The number of piperidine rings is 1. The molecule has 3 aromatic rings. The molecule has 182 valence electrons. The van der Waals surface area contributed by atoms with Crippen LogP contribution in [0.4, 0.5) is 5.69 Å². The summed E-state index contributed by atoms with van der Waals surface area (Å²) in [5.74, 6) is 0.641. The minimum absolute atomic E-state index is 0.108. The molecule has 11 nitrogen and oxygen atoms in total. The van der Waals surface area contributed by atoms with E-state index >= 15 is 0 Å². The maximum Gasteiger partial charge on any atom is 0.329 e. The van der Waals surface area contributed by atoms with Crippen LogP contribution in [0.15, 0.2) is 40.1 Å². The highest BCUT2D eigenvalue weighted by Crippen LogP contribution is 2.34. The van der Waals surface area contributed by atoms with Gasteiger partial charge in [0, 0.05) is 43.5 Å². The standard InChI is InChI=1S/C24H25N5O6/c1-2-7-29-20-17(22(31)27-24(29)33)10-15(12-25-20)23(32)28-8-5-14(6-9-28)21(30)26-16-3-4-18-19(11-16)35-13-34-18/h3-4,10-12,14H,2,5-9,13H2,1H3,(H,26,30)(H,27,31,33). The lowest BCUT2D eigenvalue weighted by atomic mass is 9.95. The smallest absolute Gasteiger partial charge is 0.329 e. The maximum atomic E-state index is 13.1. The van der Waals surface area contributed by atoms with E-state index in [0.717, 1.165) is 0 Å². The molecule has 1 saturated heterocycles. The van der Waals surface area contributed by atoms with Crippen molar-refractivity contribution in [3.05, 3.63) is 56.9 Å². The maximum absolute atomic E-state index is 13.1. The largest absolute Gasteiger partial charge is 0.454 e. The second kappa shape index (κ2) is 9.24. The predicted octanol–water partition coefficient (Wildman–Crippen LogP) is 1.71. The summed E-state index contributed by atoms with van der Waals surface area (Å²) in [6.07, 6.45) is 3.12. The Morgan fingerprint density at radius 3 is 2.69 bits per heavy atom. The van der Waals surface area contributed by atoms with Crippen molar-refractivity contribution in [3.63, 3.8) is 0 Å². The summed E-state index contributed by atoms with van der Waals surface area (Å²) in [4.78, 5) is 58.5. The number of benzene rings is 1. The molecule has 1 fully saturated rings. The lowest BCUT2D eigenvalue weighted by Crippen LogP contribution is -2.41. The predicted molar refractivity (Wildman–Crippen MR) is 127 cm³/mol. The third-order valence-electron chi connectivity index (χ3n) is 6.32. The summed E-state index contributed by atoms with van der Waals surface area (Å²) >= 11 is 0. The molecule has 0 unspecified atom stereocenters. The van der Waals surface area contributed by atoms with Gasteiger partial charge in [-0.25, -0.2) is 9.78 Å². The fourth-order valence-electron chi connectivity index (χ4n) is 4.46. The number of likely N-dealkylation sites (tertiary alicyclic amines) is 1. The van der Waals surface area contributed by atoms with Gasteiger partial charge in [0.05, 0.1) is 10.9 Å². The Morgan fingerprint density at radius 1 is 1.14 bits per heavy atom. The molecule has 0 radical (unpaired) electrons. The second-order valence-electron chi connectivity index (χ2n) is 8.63. The lowest BCUT2D eigenvalue weighted by molar-refractivity contribution is -0.121. The summed E-state index contributed by atoms with van der Waals surface area (Å²) in [6.45, 7) is 3.30. The van der Waals surface area contributed by atoms with Crippen molar-refractivity contribution in [3.8, 4) is 11.5 Å². The van der Waals surface area contributed by atoms with Crippen molar-refractivity contribution in [2.75, 3.05) is 25.2 Å². The highest BCUT2D eigenvalue weighted by molar-refractivity contribution is 5.97. The number of hydrogen-bond donors (Lipinski definition) is 2. The number of hydrogen-bond acceptors (Lipinski definition) is 7. The monoisotopic (exact) mass is 479 g/mol. The van der Waals surface area contributed by atoms with Crippen molar-refractivity contribution in [2.45, 2.75) is 32.7 Å². The van der Waals surface area contributed by atoms with Crippen LogP contribution < -0.4 is 26.0 Å². The van der Waals surface area contributed by atoms with Gasteiger partial charge >= 0.3 is 5.69 Å². The SMILES string of the molecule is CCCn1c(=O)[nH]c(=O)c2cc(C(=O)N3CCC(C(=O)Nc4ccc5c(c4)OCO5)CC3)cnc21. The van der Waals surface area contributed by atoms with E-state index in [1.54, 1.807) is 23.1 Å². The van der Waals surface area contributed by atoms with Gasteiger partial charge in [0.25, 0.3) is 11.5 Å². The number of fused-ring (bicyclic) bond motifs is 2. The van der Waals surface area contributed by atoms with Gasteiger partial charge in [-0.15, -0.1) is 0 Å². The van der Waals surface area contributed by atoms with Crippen molar-refractivity contribution in [1.82, 2.24) is 19.4 Å². The molecule has 0 spiro atoms. The highest BCUT2D eigenvalue weighted by atomic mass is 16.7. The van der Waals surface area contributed by atoms with E-state index in [-0.39, 0.29) is 41.1 Å². The third kappa shape index (κ3) is 4.36. The Labute approximate surface area is 199 Å². The average Bonchev–Trinajstić information content (AvgIpc) is 3.34. The number of carbonyl (C=O) groups is 2. The molecule has 0 bridgehead atoms. The number of nitrogens with zero attached hydrogens (tertiary/aromatic N) is 3. The fourth-order valence-corrected chi connectivity index (χ4v) is 4.46. The molecule has 2 aliphatic heterocycles. The Hall–Kier alpha value is -4.15. The van der Waals surface area contributed by atoms with Crippen LogP contribution in [0, 0.1) is 5.92 Å². The molecule has 0 aliphatic carbocycles. The van der Waals surface area contributed by atoms with Crippen molar-refractivity contribution < 1.29 is 19.1 Å². The zero-order chi connectivity index (χ0) is 24.5. The molecule has 4 heterocycles. The third-order valence-corrected chi connectivity index (χ3v) is 6.32. The van der Waals surface area contributed by atoms with Crippen LogP contribution in [0.3, 0.4) is 0 Å². The molecular formula is C24H25N5O6. The van der Waals surface area contributed by atoms with Crippen LogP contribution in [0.25, 0.3) is 11.0 Å². The number of pyridine rings is 1. The van der Waals surface area contributed by atoms with Crippen LogP contribution in [0.2, 0.25) is 0 Å². The number of aromatic amines is 1. The van der Waals surface area contributed by atoms with Gasteiger partial charge in [-0.05, 0) is 37.5 Å². The van der Waals surface area contributed by atoms with Gasteiger partial charge in [-0.3, -0.25) is 23.9 Å². The first-order valence-corrected chi connectivity index (χ1v) is 11.6. The van der Waals surface area contributed by atoms with Crippen LogP contribution in [0.5, 0.6) is 11.5 Å². The quantitative estimate of drug-likeness (QED) is 0.569. The Balaban J connectivity index is 1.25. The molecule has 11 heteroatoms. The van der Waals surface area contributed by atoms with Gasteiger partial charge in [0.1, 0.15) is 5.65 Å². The Kier molecular flexibility index (Phi) is 5.98. The van der Waals surface area contributed by atoms with E-state index in [4.69, 9.17) is 9.47 Å². The number of nitrogens with one attached hydrogen (secondary N) is 2. The number of amides is 2. The minimum atomic E-state index is -0.571. The Morgan fingerprint density at radius 2 is 1.91 bits per heavy atom. The van der Waals surface area contributed by atoms with Gasteiger partial charge in [-0.1, -0.05) is 6.92 Å². The van der Waals surface area contributed by atoms with E-state index in [9.17, 15) is 19.2 Å². The van der Waals surface area contributed by atoms with E-state index in [2.05, 4.69) is 15.3 Å². The number of rotatable bonds is 5. The molecule has 5 rings (SSSR count). The number of H-pyrrole nitrogens is 1. The molecule has 2 N–H and O–H groups in total. The minimum Gasteiger partial charge on any atom is -0.454 e. The summed E-state index contributed by atoms with van der Waals surface area (Å²) < 4.78 is 12.0. The highest BCUT2D eigenvalue weighted by Gasteiger charge is 2.28. The summed E-state index contributed by atoms with van der Waals surface area (Å²) in [5, 5.41) is 3.11. The molecule has 0 saturated carbocycles. The molecule has 2 aromatic heterocycles. The van der Waals surface area contributed by atoms with Gasteiger partial charge in [0.15, 0.2) is 11.5 Å². The molecule has 35 heavy (non-hydrogen) atoms.